The Bertz CT molecular complexity index is 3.61. The SMILES string of the molecule is C.CC.[Ac].[CH3-]. The summed E-state index contributed by atoms with van der Waals surface area (Å²) in [5.74, 6) is 0. The quantitative estimate of drug-likeness (QED) is 0.599. The summed E-state index contributed by atoms with van der Waals surface area (Å²) in [6, 6.07) is 0. The van der Waals surface area contributed by atoms with Crippen molar-refractivity contribution in [2.24, 2.45) is 0 Å². The van der Waals surface area contributed by atoms with Crippen LogP contribution >= 0.6 is 0 Å². The Kier molecular flexibility index (Phi) is 331. The van der Waals surface area contributed by atoms with Crippen molar-refractivity contribution in [2.45, 2.75) is 21.3 Å². The first-order chi connectivity index (χ1) is 1.00. The van der Waals surface area contributed by atoms with Crippen molar-refractivity contribution in [3.63, 3.8) is 0 Å². The predicted octanol–water partition coefficient (Wildman–Crippen LogP) is 2.11. The van der Waals surface area contributed by atoms with Gasteiger partial charge < -0.3 is 7.43 Å². The molecule has 1 heteroatoms. The van der Waals surface area contributed by atoms with Crippen LogP contribution in [0.25, 0.3) is 0 Å². The van der Waals surface area contributed by atoms with E-state index in [1.54, 1.807) is 0 Å². The molecule has 0 bridgehead atoms. The minimum atomic E-state index is 0. The molecule has 0 rings (SSSR count). The van der Waals surface area contributed by atoms with Crippen LogP contribution in [0.1, 0.15) is 21.3 Å². The molecule has 33 valence electrons. The van der Waals surface area contributed by atoms with Crippen LogP contribution in [0.2, 0.25) is 0 Å². The standard InChI is InChI=1S/C2H6.CH4.CH3.Ac/c1-2;;;/h1-2H3;1H4;1H3;/q;;-1;. The smallest absolute Gasteiger partial charge is 0 e. The Morgan fingerprint density at radius 1 is 1.00 bits per heavy atom. The second-order valence-corrected chi connectivity index (χ2v) is 0. The molecule has 0 nitrogen and oxygen atoms in total. The zero-order valence-corrected chi connectivity index (χ0v) is 8.32. The van der Waals surface area contributed by atoms with Crippen LogP contribution in [0.15, 0.2) is 0 Å². The maximum atomic E-state index is 2.00. The normalized spacial score (nSPS) is 1.20. The Labute approximate surface area is 71.9 Å². The predicted molar refractivity (Wildman–Crippen MR) is 24.5 cm³/mol. The number of rotatable bonds is 0. The first-order valence-corrected chi connectivity index (χ1v) is 1.00. The summed E-state index contributed by atoms with van der Waals surface area (Å²) in [5.41, 5.74) is 0. The van der Waals surface area contributed by atoms with E-state index in [2.05, 4.69) is 0 Å². The number of hydrogen-bond donors (Lipinski definition) is 0. The molecule has 0 saturated carbocycles. The largest absolute Gasteiger partial charge is 0.358 e. The van der Waals surface area contributed by atoms with Gasteiger partial charge in [-0.05, 0) is 0 Å². The maximum absolute atomic E-state index is 2.00. The summed E-state index contributed by atoms with van der Waals surface area (Å²) in [7, 11) is 0. The Morgan fingerprint density at radius 3 is 1.00 bits per heavy atom. The molecule has 1 radical (unpaired) electrons. The van der Waals surface area contributed by atoms with Crippen molar-refractivity contribution in [3.8, 4) is 0 Å². The molecule has 0 aromatic rings. The molecule has 0 spiro atoms. The van der Waals surface area contributed by atoms with Crippen LogP contribution in [-0.2, 0) is 0 Å². The van der Waals surface area contributed by atoms with Gasteiger partial charge in [-0.3, -0.25) is 0 Å². The third-order valence-electron chi connectivity index (χ3n) is 0. The molecule has 0 aromatic carbocycles. The minimum Gasteiger partial charge on any atom is -0.358 e. The van der Waals surface area contributed by atoms with Crippen molar-refractivity contribution in [2.75, 3.05) is 0 Å². The van der Waals surface area contributed by atoms with Gasteiger partial charge in [0.25, 0.3) is 0 Å². The number of hydrogen-bond acceptors (Lipinski definition) is 0. The molecular weight excluding hydrogens is 275 g/mol. The Hall–Kier alpha value is 1.44. The molecule has 0 amide bonds. The van der Waals surface area contributed by atoms with Gasteiger partial charge >= 0.3 is 0 Å². The summed E-state index contributed by atoms with van der Waals surface area (Å²) in [6.07, 6.45) is 0. The van der Waals surface area contributed by atoms with Crippen LogP contribution in [0, 0.1) is 51.5 Å². The fourth-order valence-electron chi connectivity index (χ4n) is 0. The molecule has 0 heterocycles. The van der Waals surface area contributed by atoms with E-state index in [0.717, 1.165) is 0 Å². The van der Waals surface area contributed by atoms with Gasteiger partial charge in [0.1, 0.15) is 0 Å². The molecule has 0 fully saturated rings. The molecule has 0 unspecified atom stereocenters. The maximum Gasteiger partial charge on any atom is 0 e. The Balaban J connectivity index is -0.00000000167. The van der Waals surface area contributed by atoms with Crippen molar-refractivity contribution in [1.29, 1.82) is 0 Å². The fourth-order valence-corrected chi connectivity index (χ4v) is 0. The van der Waals surface area contributed by atoms with Crippen LogP contribution in [0.5, 0.6) is 0 Å². The molecule has 0 aliphatic rings. The average Bonchev–Trinajstić information content (AvgIpc) is 1.00. The van der Waals surface area contributed by atoms with Crippen LogP contribution in [0.4, 0.5) is 0 Å². The first kappa shape index (κ1) is 32.0. The molecule has 0 aliphatic carbocycles. The second kappa shape index (κ2) is 51.7. The van der Waals surface area contributed by atoms with Gasteiger partial charge in [-0.2, -0.15) is 0 Å². The summed E-state index contributed by atoms with van der Waals surface area (Å²) in [6.45, 7) is 4.00. The third-order valence-corrected chi connectivity index (χ3v) is 0. The van der Waals surface area contributed by atoms with E-state index in [1.807, 2.05) is 13.8 Å². The van der Waals surface area contributed by atoms with Crippen LogP contribution < -0.4 is 0 Å². The van der Waals surface area contributed by atoms with Gasteiger partial charge in [-0.1, -0.05) is 21.3 Å². The van der Waals surface area contributed by atoms with Crippen molar-refractivity contribution >= 4 is 0 Å². The van der Waals surface area contributed by atoms with Gasteiger partial charge in [-0.15, -0.1) is 0 Å². The summed E-state index contributed by atoms with van der Waals surface area (Å²) in [4.78, 5) is 0. The van der Waals surface area contributed by atoms with E-state index >= 15 is 0 Å². The third kappa shape index (κ3) is 31.0. The summed E-state index contributed by atoms with van der Waals surface area (Å²) in [5, 5.41) is 0. The van der Waals surface area contributed by atoms with Gasteiger partial charge in [-0.25, -0.2) is 0 Å². The summed E-state index contributed by atoms with van der Waals surface area (Å²) >= 11 is 0. The van der Waals surface area contributed by atoms with E-state index in [0.29, 0.717) is 0 Å². The minimum absolute atomic E-state index is 0. The van der Waals surface area contributed by atoms with Crippen molar-refractivity contribution in [1.82, 2.24) is 0 Å². The fraction of sp³-hybridized carbons (Fsp3) is 0.750. The molecule has 0 aliphatic heterocycles. The Morgan fingerprint density at radius 2 is 1.00 bits per heavy atom. The van der Waals surface area contributed by atoms with E-state index in [4.69, 9.17) is 0 Å². The summed E-state index contributed by atoms with van der Waals surface area (Å²) < 4.78 is 0. The first-order valence-electron chi connectivity index (χ1n) is 1.00. The van der Waals surface area contributed by atoms with E-state index < -0.39 is 0 Å². The molecule has 0 N–H and O–H groups in total. The van der Waals surface area contributed by atoms with Crippen LogP contribution in [-0.4, -0.2) is 0 Å². The van der Waals surface area contributed by atoms with Crippen LogP contribution in [0.3, 0.4) is 0 Å². The van der Waals surface area contributed by atoms with Crippen molar-refractivity contribution < 1.29 is 44.1 Å². The monoisotopic (exact) mass is 288 g/mol. The van der Waals surface area contributed by atoms with Gasteiger partial charge in [0.05, 0.1) is 0 Å². The van der Waals surface area contributed by atoms with Gasteiger partial charge in [0, 0.05) is 44.1 Å². The van der Waals surface area contributed by atoms with Gasteiger partial charge in [0.2, 0.25) is 0 Å². The average molecular weight is 288 g/mol. The topological polar surface area (TPSA) is 0 Å². The van der Waals surface area contributed by atoms with E-state index in [1.165, 1.54) is 0 Å². The molecular formula is C4H13Ac-. The zero-order valence-electron chi connectivity index (χ0n) is 3.58. The van der Waals surface area contributed by atoms with E-state index in [-0.39, 0.29) is 58.9 Å². The molecule has 0 atom stereocenters. The second-order valence-electron chi connectivity index (χ2n) is 0. The zero-order chi connectivity index (χ0) is 2.00. The van der Waals surface area contributed by atoms with Gasteiger partial charge in [0.15, 0.2) is 0 Å². The molecule has 0 saturated heterocycles. The molecule has 0 aromatic heterocycles. The van der Waals surface area contributed by atoms with E-state index in [9.17, 15) is 0 Å². The molecule has 5 heavy (non-hydrogen) atoms. The van der Waals surface area contributed by atoms with Crippen molar-refractivity contribution in [3.05, 3.63) is 7.43 Å².